The van der Waals surface area contributed by atoms with E-state index in [-0.39, 0.29) is 24.1 Å². The van der Waals surface area contributed by atoms with Gasteiger partial charge in [0.05, 0.1) is 12.7 Å². The first-order chi connectivity index (χ1) is 8.96. The standard InChI is InChI=1S/C10H16F3N3O2S/c1-3-17-9(18-4-2)8-7-16(15-14-8)5-6-19-10(11,12)13/h7,9H,3-6H2,1-2H3. The van der Waals surface area contributed by atoms with E-state index < -0.39 is 11.8 Å². The fraction of sp³-hybridized carbons (Fsp3) is 0.800. The lowest BCUT2D eigenvalue weighted by molar-refractivity contribution is -0.142. The molecule has 0 aliphatic carbocycles. The Morgan fingerprint density at radius 2 is 1.95 bits per heavy atom. The second kappa shape index (κ2) is 7.71. The minimum absolute atomic E-state index is 0.0845. The summed E-state index contributed by atoms with van der Waals surface area (Å²) in [7, 11) is 0. The molecular weight excluding hydrogens is 283 g/mol. The molecule has 0 fully saturated rings. The van der Waals surface area contributed by atoms with Gasteiger partial charge in [-0.15, -0.1) is 5.10 Å². The van der Waals surface area contributed by atoms with Crippen LogP contribution in [0.5, 0.6) is 0 Å². The highest BCUT2D eigenvalue weighted by molar-refractivity contribution is 8.00. The number of nitrogens with zero attached hydrogens (tertiary/aromatic N) is 3. The summed E-state index contributed by atoms with van der Waals surface area (Å²) in [5.41, 5.74) is -3.76. The molecule has 19 heavy (non-hydrogen) atoms. The molecule has 0 amide bonds. The van der Waals surface area contributed by atoms with E-state index in [1.165, 1.54) is 10.9 Å². The summed E-state index contributed by atoms with van der Waals surface area (Å²) < 4.78 is 47.9. The van der Waals surface area contributed by atoms with E-state index in [2.05, 4.69) is 10.3 Å². The number of hydrogen-bond acceptors (Lipinski definition) is 5. The van der Waals surface area contributed by atoms with Crippen molar-refractivity contribution in [1.29, 1.82) is 0 Å². The topological polar surface area (TPSA) is 49.2 Å². The molecule has 5 nitrogen and oxygen atoms in total. The molecule has 0 atom stereocenters. The van der Waals surface area contributed by atoms with E-state index in [1.54, 1.807) is 0 Å². The molecule has 1 heterocycles. The smallest absolute Gasteiger partial charge is 0.347 e. The predicted molar refractivity (Wildman–Crippen MR) is 64.5 cm³/mol. The Bertz CT molecular complexity index is 367. The van der Waals surface area contributed by atoms with E-state index in [0.29, 0.717) is 18.9 Å². The van der Waals surface area contributed by atoms with Crippen LogP contribution in [0.15, 0.2) is 6.20 Å². The Morgan fingerprint density at radius 3 is 2.47 bits per heavy atom. The number of alkyl halides is 3. The van der Waals surface area contributed by atoms with Crippen LogP contribution in [-0.2, 0) is 16.0 Å². The highest BCUT2D eigenvalue weighted by Crippen LogP contribution is 2.30. The zero-order valence-corrected chi connectivity index (χ0v) is 11.5. The number of thioether (sulfide) groups is 1. The quantitative estimate of drug-likeness (QED) is 0.691. The van der Waals surface area contributed by atoms with Crippen molar-refractivity contribution >= 4 is 11.8 Å². The van der Waals surface area contributed by atoms with Gasteiger partial charge in [-0.3, -0.25) is 4.68 Å². The van der Waals surface area contributed by atoms with E-state index in [9.17, 15) is 13.2 Å². The van der Waals surface area contributed by atoms with Gasteiger partial charge in [0.15, 0.2) is 0 Å². The third kappa shape index (κ3) is 6.26. The van der Waals surface area contributed by atoms with Gasteiger partial charge in [0.25, 0.3) is 0 Å². The summed E-state index contributed by atoms with van der Waals surface area (Å²) >= 11 is -0.0845. The minimum Gasteiger partial charge on any atom is -0.347 e. The molecule has 0 saturated carbocycles. The van der Waals surface area contributed by atoms with Crippen LogP contribution in [0.2, 0.25) is 0 Å². The van der Waals surface area contributed by atoms with E-state index in [1.807, 2.05) is 13.8 Å². The van der Waals surface area contributed by atoms with Crippen LogP contribution in [0.25, 0.3) is 0 Å². The monoisotopic (exact) mass is 299 g/mol. The molecule has 1 aromatic heterocycles. The second-order valence-electron chi connectivity index (χ2n) is 3.44. The first-order valence-corrected chi connectivity index (χ1v) is 6.78. The molecule has 0 aliphatic rings. The average molecular weight is 299 g/mol. The Balaban J connectivity index is 2.50. The summed E-state index contributed by atoms with van der Waals surface area (Å²) in [5.74, 6) is -0.111. The molecule has 0 aliphatic heterocycles. The van der Waals surface area contributed by atoms with Crippen LogP contribution < -0.4 is 0 Å². The van der Waals surface area contributed by atoms with Crippen molar-refractivity contribution in [1.82, 2.24) is 15.0 Å². The summed E-state index contributed by atoms with van der Waals surface area (Å²) in [6.07, 6.45) is 0.909. The fourth-order valence-corrected chi connectivity index (χ4v) is 1.82. The van der Waals surface area contributed by atoms with Crippen LogP contribution >= 0.6 is 11.8 Å². The van der Waals surface area contributed by atoms with Gasteiger partial charge in [0.1, 0.15) is 5.69 Å². The summed E-state index contributed by atoms with van der Waals surface area (Å²) in [4.78, 5) is 0. The molecule has 0 N–H and O–H groups in total. The number of aromatic nitrogens is 3. The highest BCUT2D eigenvalue weighted by Gasteiger charge is 2.27. The van der Waals surface area contributed by atoms with Gasteiger partial charge in [0, 0.05) is 19.0 Å². The molecule has 0 saturated heterocycles. The Hall–Kier alpha value is -0.800. The van der Waals surface area contributed by atoms with E-state index >= 15 is 0 Å². The molecular formula is C10H16F3N3O2S. The Kier molecular flexibility index (Phi) is 6.59. The van der Waals surface area contributed by atoms with Crippen molar-refractivity contribution in [2.24, 2.45) is 0 Å². The summed E-state index contributed by atoms with van der Waals surface area (Å²) in [6, 6.07) is 0. The second-order valence-corrected chi connectivity index (χ2v) is 4.60. The zero-order valence-electron chi connectivity index (χ0n) is 10.7. The van der Waals surface area contributed by atoms with Crippen molar-refractivity contribution in [2.45, 2.75) is 32.2 Å². The van der Waals surface area contributed by atoms with Gasteiger partial charge in [-0.05, 0) is 25.6 Å². The maximum absolute atomic E-state index is 12.0. The third-order valence-electron chi connectivity index (χ3n) is 2.02. The minimum atomic E-state index is -4.22. The van der Waals surface area contributed by atoms with Crippen molar-refractivity contribution in [2.75, 3.05) is 19.0 Å². The largest absolute Gasteiger partial charge is 0.441 e. The van der Waals surface area contributed by atoms with Gasteiger partial charge in [-0.25, -0.2) is 0 Å². The van der Waals surface area contributed by atoms with Crippen LogP contribution in [0.3, 0.4) is 0 Å². The molecule has 0 aromatic carbocycles. The molecule has 0 radical (unpaired) electrons. The molecule has 1 aromatic rings. The van der Waals surface area contributed by atoms with Crippen LogP contribution in [0, 0.1) is 0 Å². The fourth-order valence-electron chi connectivity index (χ4n) is 1.31. The van der Waals surface area contributed by atoms with E-state index in [0.717, 1.165) is 0 Å². The van der Waals surface area contributed by atoms with Crippen LogP contribution in [0.1, 0.15) is 25.8 Å². The first kappa shape index (κ1) is 16.3. The van der Waals surface area contributed by atoms with Gasteiger partial charge >= 0.3 is 5.51 Å². The van der Waals surface area contributed by atoms with Crippen molar-refractivity contribution in [3.63, 3.8) is 0 Å². The van der Waals surface area contributed by atoms with Gasteiger partial charge in [-0.2, -0.15) is 13.2 Å². The SMILES string of the molecule is CCOC(OCC)c1cn(CCSC(F)(F)F)nn1. The molecule has 0 bridgehead atoms. The molecule has 0 spiro atoms. The molecule has 0 unspecified atom stereocenters. The third-order valence-corrected chi connectivity index (χ3v) is 2.73. The van der Waals surface area contributed by atoms with Crippen LogP contribution in [0.4, 0.5) is 13.2 Å². The van der Waals surface area contributed by atoms with Gasteiger partial charge in [-0.1, -0.05) is 5.21 Å². The van der Waals surface area contributed by atoms with Crippen LogP contribution in [-0.4, -0.2) is 39.5 Å². The molecule has 9 heteroatoms. The first-order valence-electron chi connectivity index (χ1n) is 5.80. The molecule has 1 rings (SSSR count). The number of halogens is 3. The lowest BCUT2D eigenvalue weighted by Gasteiger charge is -2.13. The maximum atomic E-state index is 12.0. The number of hydrogen-bond donors (Lipinski definition) is 0. The normalized spacial score (nSPS) is 12.3. The molecule has 110 valence electrons. The Labute approximate surface area is 113 Å². The zero-order chi connectivity index (χ0) is 14.3. The Morgan fingerprint density at radius 1 is 1.32 bits per heavy atom. The summed E-state index contributed by atoms with van der Waals surface area (Å²) in [6.45, 7) is 4.65. The van der Waals surface area contributed by atoms with E-state index in [4.69, 9.17) is 9.47 Å². The average Bonchev–Trinajstić information content (AvgIpc) is 2.76. The lowest BCUT2D eigenvalue weighted by atomic mass is 10.4. The van der Waals surface area contributed by atoms with Gasteiger partial charge < -0.3 is 9.47 Å². The van der Waals surface area contributed by atoms with Crippen molar-refractivity contribution < 1.29 is 22.6 Å². The number of ether oxygens (including phenoxy) is 2. The number of aryl methyl sites for hydroxylation is 1. The van der Waals surface area contributed by atoms with Crippen molar-refractivity contribution in [3.8, 4) is 0 Å². The predicted octanol–water partition coefficient (Wildman–Crippen LogP) is 2.60. The summed E-state index contributed by atoms with van der Waals surface area (Å²) in [5, 5.41) is 7.59. The number of rotatable bonds is 8. The highest BCUT2D eigenvalue weighted by atomic mass is 32.2. The van der Waals surface area contributed by atoms with Crippen molar-refractivity contribution in [3.05, 3.63) is 11.9 Å². The maximum Gasteiger partial charge on any atom is 0.441 e. The lowest BCUT2D eigenvalue weighted by Crippen LogP contribution is -2.09. The van der Waals surface area contributed by atoms with Gasteiger partial charge in [0.2, 0.25) is 6.29 Å².